The Balaban J connectivity index is 1.58. The van der Waals surface area contributed by atoms with E-state index in [1.807, 2.05) is 0 Å². The Hall–Kier alpha value is -1.98. The number of benzene rings is 1. The highest BCUT2D eigenvalue weighted by atomic mass is 19.2. The minimum atomic E-state index is -1.30. The normalized spacial score (nSPS) is 26.8. The molecule has 2 saturated carbocycles. The first-order chi connectivity index (χ1) is 14.4. The summed E-state index contributed by atoms with van der Waals surface area (Å²) in [6, 6.07) is 2.31. The third-order valence-electron chi connectivity index (χ3n) is 6.95. The molecule has 0 spiro atoms. The van der Waals surface area contributed by atoms with Crippen LogP contribution in [0.15, 0.2) is 12.1 Å². The second-order valence-electron chi connectivity index (χ2n) is 8.78. The van der Waals surface area contributed by atoms with E-state index >= 15 is 0 Å². The Labute approximate surface area is 177 Å². The van der Waals surface area contributed by atoms with Crippen LogP contribution < -0.4 is 9.47 Å². The lowest BCUT2D eigenvalue weighted by molar-refractivity contribution is -0.141. The average molecular weight is 423 g/mol. The molecule has 30 heavy (non-hydrogen) atoms. The van der Waals surface area contributed by atoms with Crippen LogP contribution in [0.3, 0.4) is 0 Å². The molecule has 0 aromatic heterocycles. The predicted molar refractivity (Wildman–Crippen MR) is 109 cm³/mol. The summed E-state index contributed by atoms with van der Waals surface area (Å²) in [4.78, 5) is 24.7. The molecule has 6 heteroatoms. The second-order valence-corrected chi connectivity index (χ2v) is 8.78. The molecule has 3 rings (SSSR count). The van der Waals surface area contributed by atoms with Gasteiger partial charge in [0.05, 0.1) is 11.8 Å². The summed E-state index contributed by atoms with van der Waals surface area (Å²) >= 11 is 0. The molecule has 1 aromatic rings. The average Bonchev–Trinajstić information content (AvgIpc) is 2.78. The highest BCUT2D eigenvalue weighted by Crippen LogP contribution is 2.35. The van der Waals surface area contributed by atoms with Gasteiger partial charge in [0, 0.05) is 0 Å². The zero-order chi connectivity index (χ0) is 21.7. The highest BCUT2D eigenvalue weighted by molar-refractivity contribution is 5.76. The Morgan fingerprint density at radius 1 is 0.733 bits per heavy atom. The van der Waals surface area contributed by atoms with Crippen molar-refractivity contribution in [1.82, 2.24) is 0 Å². The molecule has 0 bridgehead atoms. The summed E-state index contributed by atoms with van der Waals surface area (Å²) in [5.41, 5.74) is 0. The Morgan fingerprint density at radius 2 is 1.07 bits per heavy atom. The molecule has 2 aliphatic carbocycles. The van der Waals surface area contributed by atoms with E-state index in [0.717, 1.165) is 50.7 Å². The van der Waals surface area contributed by atoms with E-state index in [0.29, 0.717) is 37.5 Å². The number of hydrogen-bond acceptors (Lipinski definition) is 4. The number of carbonyl (C=O) groups is 2. The Kier molecular flexibility index (Phi) is 7.84. The number of rotatable bonds is 6. The van der Waals surface area contributed by atoms with E-state index in [9.17, 15) is 18.4 Å². The molecule has 0 N–H and O–H groups in total. The molecule has 0 atom stereocenters. The summed E-state index contributed by atoms with van der Waals surface area (Å²) in [6.45, 7) is 4.26. The van der Waals surface area contributed by atoms with Gasteiger partial charge in [-0.15, -0.1) is 0 Å². The number of hydrogen-bond donors (Lipinski definition) is 0. The van der Waals surface area contributed by atoms with Crippen molar-refractivity contribution < 1.29 is 27.8 Å². The van der Waals surface area contributed by atoms with Crippen molar-refractivity contribution in [3.63, 3.8) is 0 Å². The van der Waals surface area contributed by atoms with E-state index in [1.54, 1.807) is 0 Å². The van der Waals surface area contributed by atoms with Gasteiger partial charge in [-0.25, -0.2) is 0 Å². The van der Waals surface area contributed by atoms with Crippen molar-refractivity contribution in [3.8, 4) is 11.5 Å². The molecular formula is C24H32F2O4. The highest BCUT2D eigenvalue weighted by Gasteiger charge is 2.30. The molecule has 0 radical (unpaired) electrons. The van der Waals surface area contributed by atoms with Crippen molar-refractivity contribution in [2.75, 3.05) is 0 Å². The lowest BCUT2D eigenvalue weighted by Gasteiger charge is -2.26. The van der Waals surface area contributed by atoms with Crippen LogP contribution in [0.25, 0.3) is 0 Å². The van der Waals surface area contributed by atoms with Crippen LogP contribution in [0.4, 0.5) is 8.78 Å². The lowest BCUT2D eigenvalue weighted by Crippen LogP contribution is -2.26. The van der Waals surface area contributed by atoms with Gasteiger partial charge in [0.25, 0.3) is 0 Å². The van der Waals surface area contributed by atoms with E-state index in [1.165, 1.54) is 0 Å². The largest absolute Gasteiger partial charge is 0.423 e. The minimum absolute atomic E-state index is 0.286. The van der Waals surface area contributed by atoms with Crippen molar-refractivity contribution >= 4 is 11.9 Å². The van der Waals surface area contributed by atoms with Crippen LogP contribution in [-0.4, -0.2) is 11.9 Å². The maximum atomic E-state index is 14.5. The van der Waals surface area contributed by atoms with Crippen molar-refractivity contribution in [2.45, 2.75) is 78.1 Å². The van der Waals surface area contributed by atoms with Gasteiger partial charge in [0.1, 0.15) is 0 Å². The molecule has 0 unspecified atom stereocenters. The van der Waals surface area contributed by atoms with Crippen molar-refractivity contribution in [3.05, 3.63) is 23.8 Å². The molecule has 1 aromatic carbocycles. The fourth-order valence-corrected chi connectivity index (χ4v) is 4.67. The SMILES string of the molecule is CCC1CCC(C(=O)Oc2ccc(OC(=O)C3CCC(CC)CC3)c(F)c2F)CC1. The first-order valence-corrected chi connectivity index (χ1v) is 11.3. The molecule has 4 nitrogen and oxygen atoms in total. The van der Waals surface area contributed by atoms with Crippen LogP contribution in [0.2, 0.25) is 0 Å². The number of carbonyl (C=O) groups excluding carboxylic acids is 2. The van der Waals surface area contributed by atoms with E-state index < -0.39 is 35.1 Å². The first-order valence-electron chi connectivity index (χ1n) is 11.3. The van der Waals surface area contributed by atoms with Gasteiger partial charge in [0.2, 0.25) is 11.6 Å². The number of ether oxygens (including phenoxy) is 2. The molecule has 0 amide bonds. The van der Waals surface area contributed by atoms with E-state index in [-0.39, 0.29) is 11.8 Å². The summed E-state index contributed by atoms with van der Waals surface area (Å²) < 4.78 is 39.2. The van der Waals surface area contributed by atoms with Gasteiger partial charge in [-0.3, -0.25) is 9.59 Å². The maximum absolute atomic E-state index is 14.5. The van der Waals surface area contributed by atoms with Crippen LogP contribution in [0.5, 0.6) is 11.5 Å². The van der Waals surface area contributed by atoms with Crippen molar-refractivity contribution in [2.24, 2.45) is 23.7 Å². The lowest BCUT2D eigenvalue weighted by atomic mass is 9.81. The topological polar surface area (TPSA) is 52.6 Å². The molecule has 166 valence electrons. The van der Waals surface area contributed by atoms with Crippen LogP contribution in [0.1, 0.15) is 78.1 Å². The van der Waals surface area contributed by atoms with Gasteiger partial charge in [-0.2, -0.15) is 8.78 Å². The standard InChI is InChI=1S/C24H32F2O4/c1-3-15-5-9-17(10-6-15)23(27)29-19-13-14-20(22(26)21(19)25)30-24(28)18-11-7-16(4-2)8-12-18/h13-18H,3-12H2,1-2H3. The number of esters is 2. The Bertz CT molecular complexity index is 685. The molecule has 2 aliphatic rings. The van der Waals surface area contributed by atoms with E-state index in [4.69, 9.17) is 9.47 Å². The fourth-order valence-electron chi connectivity index (χ4n) is 4.67. The molecular weight excluding hydrogens is 390 g/mol. The monoisotopic (exact) mass is 422 g/mol. The zero-order valence-electron chi connectivity index (χ0n) is 17.9. The summed E-state index contributed by atoms with van der Waals surface area (Å²) in [5.74, 6) is -3.91. The second kappa shape index (κ2) is 10.4. The Morgan fingerprint density at radius 3 is 1.37 bits per heavy atom. The quantitative estimate of drug-likeness (QED) is 0.404. The fraction of sp³-hybridized carbons (Fsp3) is 0.667. The van der Waals surface area contributed by atoms with E-state index in [2.05, 4.69) is 13.8 Å². The summed E-state index contributed by atoms with van der Waals surface area (Å²) in [5, 5.41) is 0. The summed E-state index contributed by atoms with van der Waals surface area (Å²) in [6.07, 6.45) is 8.78. The minimum Gasteiger partial charge on any atom is -0.423 e. The van der Waals surface area contributed by atoms with Crippen LogP contribution >= 0.6 is 0 Å². The first kappa shape index (κ1) is 22.7. The molecule has 0 heterocycles. The molecule has 2 fully saturated rings. The third kappa shape index (κ3) is 5.38. The third-order valence-corrected chi connectivity index (χ3v) is 6.95. The number of halogens is 2. The smallest absolute Gasteiger partial charge is 0.314 e. The van der Waals surface area contributed by atoms with Crippen LogP contribution in [0, 0.1) is 35.3 Å². The van der Waals surface area contributed by atoms with Gasteiger partial charge in [-0.1, -0.05) is 26.7 Å². The maximum Gasteiger partial charge on any atom is 0.314 e. The van der Waals surface area contributed by atoms with Gasteiger partial charge in [0.15, 0.2) is 11.5 Å². The van der Waals surface area contributed by atoms with Crippen LogP contribution in [-0.2, 0) is 9.59 Å². The summed E-state index contributed by atoms with van der Waals surface area (Å²) in [7, 11) is 0. The van der Waals surface area contributed by atoms with Gasteiger partial charge < -0.3 is 9.47 Å². The van der Waals surface area contributed by atoms with Crippen molar-refractivity contribution in [1.29, 1.82) is 0 Å². The van der Waals surface area contributed by atoms with Gasteiger partial charge >= 0.3 is 11.9 Å². The predicted octanol–water partition coefficient (Wildman–Crippen LogP) is 6.21. The molecule has 0 aliphatic heterocycles. The van der Waals surface area contributed by atoms with Gasteiger partial charge in [-0.05, 0) is 75.3 Å². The molecule has 0 saturated heterocycles. The zero-order valence-corrected chi connectivity index (χ0v) is 17.9.